The van der Waals surface area contributed by atoms with Crippen LogP contribution in [0.2, 0.25) is 0 Å². The van der Waals surface area contributed by atoms with Crippen LogP contribution in [0.4, 0.5) is 4.79 Å². The lowest BCUT2D eigenvalue weighted by atomic mass is 10.1. The number of thiazole rings is 1. The molecule has 2 aliphatic carbocycles. The Kier molecular flexibility index (Phi) is 5.03. The number of hydrogen-bond donors (Lipinski definition) is 2. The van der Waals surface area contributed by atoms with Crippen LogP contribution in [0.15, 0.2) is 11.6 Å². The van der Waals surface area contributed by atoms with E-state index in [0.717, 1.165) is 30.4 Å². The van der Waals surface area contributed by atoms with E-state index in [4.69, 9.17) is 0 Å². The van der Waals surface area contributed by atoms with Gasteiger partial charge in [0, 0.05) is 37.3 Å². The first-order valence-corrected chi connectivity index (χ1v) is 10.3. The maximum atomic E-state index is 12.4. The molecule has 132 valence electrons. The summed E-state index contributed by atoms with van der Waals surface area (Å²) in [5.41, 5.74) is 0. The average Bonchev–Trinajstić information content (AvgIpc) is 3.00. The van der Waals surface area contributed by atoms with E-state index in [1.54, 1.807) is 11.3 Å². The van der Waals surface area contributed by atoms with Crippen molar-refractivity contribution in [1.29, 1.82) is 0 Å². The molecule has 2 N–H and O–H groups in total. The van der Waals surface area contributed by atoms with Gasteiger partial charge in [-0.1, -0.05) is 12.8 Å². The highest BCUT2D eigenvalue weighted by Gasteiger charge is 2.35. The number of likely N-dealkylation sites (tertiary alicyclic amines) is 1. The molecule has 24 heavy (non-hydrogen) atoms. The largest absolute Gasteiger partial charge is 0.334 e. The Morgan fingerprint density at radius 2 is 2.12 bits per heavy atom. The molecule has 1 aliphatic heterocycles. The lowest BCUT2D eigenvalue weighted by Crippen LogP contribution is -2.45. The van der Waals surface area contributed by atoms with E-state index >= 15 is 0 Å². The highest BCUT2D eigenvalue weighted by atomic mass is 32.1. The van der Waals surface area contributed by atoms with E-state index in [9.17, 15) is 4.79 Å². The van der Waals surface area contributed by atoms with Gasteiger partial charge in [0.1, 0.15) is 5.01 Å². The summed E-state index contributed by atoms with van der Waals surface area (Å²) in [7, 11) is 0. The van der Waals surface area contributed by atoms with Crippen molar-refractivity contribution in [3.8, 4) is 0 Å². The second kappa shape index (κ2) is 7.40. The number of rotatable bonds is 6. The minimum absolute atomic E-state index is 0.0187. The lowest BCUT2D eigenvalue weighted by molar-refractivity contribution is 0.229. The van der Waals surface area contributed by atoms with Gasteiger partial charge in [-0.25, -0.2) is 9.78 Å². The van der Waals surface area contributed by atoms with Crippen LogP contribution in [-0.4, -0.2) is 41.6 Å². The Labute approximate surface area is 148 Å². The Morgan fingerprint density at radius 3 is 2.83 bits per heavy atom. The molecule has 4 rings (SSSR count). The highest BCUT2D eigenvalue weighted by Crippen LogP contribution is 2.41. The van der Waals surface area contributed by atoms with Crippen molar-refractivity contribution in [2.75, 3.05) is 19.6 Å². The summed E-state index contributed by atoms with van der Waals surface area (Å²) < 4.78 is 0. The first-order chi connectivity index (χ1) is 11.8. The second-order valence-corrected chi connectivity index (χ2v) is 8.63. The van der Waals surface area contributed by atoms with Crippen LogP contribution >= 0.6 is 11.3 Å². The summed E-state index contributed by atoms with van der Waals surface area (Å²) in [4.78, 5) is 19.4. The van der Waals surface area contributed by atoms with Crippen molar-refractivity contribution in [3.05, 3.63) is 16.6 Å². The number of aromatic nitrogens is 1. The third-order valence-electron chi connectivity index (χ3n) is 5.70. The van der Waals surface area contributed by atoms with Gasteiger partial charge in [0.15, 0.2) is 0 Å². The molecule has 2 saturated carbocycles. The van der Waals surface area contributed by atoms with E-state index in [1.807, 2.05) is 11.6 Å². The lowest BCUT2D eigenvalue weighted by Gasteiger charge is -2.21. The molecule has 2 heterocycles. The average molecular weight is 349 g/mol. The third kappa shape index (κ3) is 4.09. The molecule has 0 bridgehead atoms. The van der Waals surface area contributed by atoms with E-state index in [-0.39, 0.29) is 12.1 Å². The quantitative estimate of drug-likeness (QED) is 0.830. The number of hydrogen-bond acceptors (Lipinski definition) is 4. The molecule has 2 amide bonds. The van der Waals surface area contributed by atoms with Crippen LogP contribution < -0.4 is 10.6 Å². The van der Waals surface area contributed by atoms with Crippen molar-refractivity contribution >= 4 is 17.4 Å². The molecule has 0 aromatic carbocycles. The molecule has 0 radical (unpaired) electrons. The van der Waals surface area contributed by atoms with Gasteiger partial charge in [-0.15, -0.1) is 11.3 Å². The van der Waals surface area contributed by atoms with Crippen molar-refractivity contribution < 1.29 is 4.79 Å². The van der Waals surface area contributed by atoms with Gasteiger partial charge in [0.05, 0.1) is 6.04 Å². The SMILES string of the molecule is O=C(NC1CCN(CC2CCCC2)C1)NC(c1nccs1)C1CC1. The van der Waals surface area contributed by atoms with Gasteiger partial charge >= 0.3 is 6.03 Å². The molecule has 2 unspecified atom stereocenters. The van der Waals surface area contributed by atoms with Crippen LogP contribution in [0, 0.1) is 11.8 Å². The van der Waals surface area contributed by atoms with E-state index in [2.05, 4.69) is 20.5 Å². The summed E-state index contributed by atoms with van der Waals surface area (Å²) in [6, 6.07) is 0.373. The summed E-state index contributed by atoms with van der Waals surface area (Å²) in [5, 5.41) is 9.40. The van der Waals surface area contributed by atoms with Crippen molar-refractivity contribution in [3.63, 3.8) is 0 Å². The van der Waals surface area contributed by atoms with E-state index < -0.39 is 0 Å². The number of carbonyl (C=O) groups is 1. The van der Waals surface area contributed by atoms with Crippen LogP contribution in [-0.2, 0) is 0 Å². The molecule has 6 heteroatoms. The molecule has 1 aromatic rings. The zero-order valence-electron chi connectivity index (χ0n) is 14.2. The monoisotopic (exact) mass is 348 g/mol. The number of nitrogens with one attached hydrogen (secondary N) is 2. The minimum Gasteiger partial charge on any atom is -0.334 e. The van der Waals surface area contributed by atoms with Gasteiger partial charge in [-0.2, -0.15) is 0 Å². The van der Waals surface area contributed by atoms with Crippen molar-refractivity contribution in [1.82, 2.24) is 20.5 Å². The van der Waals surface area contributed by atoms with Crippen LogP contribution in [0.25, 0.3) is 0 Å². The predicted molar refractivity (Wildman–Crippen MR) is 96.0 cm³/mol. The van der Waals surface area contributed by atoms with Crippen molar-refractivity contribution in [2.45, 2.75) is 57.0 Å². The molecule has 2 atom stereocenters. The van der Waals surface area contributed by atoms with Gasteiger partial charge in [0.2, 0.25) is 0 Å². The zero-order chi connectivity index (χ0) is 16.4. The maximum absolute atomic E-state index is 12.4. The summed E-state index contributed by atoms with van der Waals surface area (Å²) in [6.07, 6.45) is 10.9. The fourth-order valence-electron chi connectivity index (χ4n) is 4.24. The standard InChI is InChI=1S/C18H28N4OS/c23-18(21-16(14-5-6-14)17-19-8-10-24-17)20-15-7-9-22(12-15)11-13-3-1-2-4-13/h8,10,13-16H,1-7,9,11-12H2,(H2,20,21,23). The second-order valence-electron chi connectivity index (χ2n) is 7.70. The van der Waals surface area contributed by atoms with Gasteiger partial charge in [0.25, 0.3) is 0 Å². The van der Waals surface area contributed by atoms with E-state index in [0.29, 0.717) is 12.0 Å². The molecule has 1 saturated heterocycles. The number of nitrogens with zero attached hydrogens (tertiary/aromatic N) is 2. The van der Waals surface area contributed by atoms with Gasteiger partial charge in [-0.3, -0.25) is 0 Å². The maximum Gasteiger partial charge on any atom is 0.315 e. The molecule has 1 aromatic heterocycles. The van der Waals surface area contributed by atoms with E-state index in [1.165, 1.54) is 45.1 Å². The van der Waals surface area contributed by atoms with Gasteiger partial charge in [-0.05, 0) is 43.9 Å². The summed E-state index contributed by atoms with van der Waals surface area (Å²) in [6.45, 7) is 3.36. The Bertz CT molecular complexity index is 539. The smallest absolute Gasteiger partial charge is 0.315 e. The minimum atomic E-state index is -0.0187. The zero-order valence-corrected chi connectivity index (χ0v) is 15.1. The molecule has 3 fully saturated rings. The number of urea groups is 1. The first-order valence-electron chi connectivity index (χ1n) is 9.46. The Balaban J connectivity index is 1.24. The van der Waals surface area contributed by atoms with Crippen LogP contribution in [0.5, 0.6) is 0 Å². The first kappa shape index (κ1) is 16.3. The number of amides is 2. The van der Waals surface area contributed by atoms with Crippen molar-refractivity contribution in [2.24, 2.45) is 11.8 Å². The molecule has 3 aliphatic rings. The molecular weight excluding hydrogens is 320 g/mol. The topological polar surface area (TPSA) is 57.3 Å². The molecule has 5 nitrogen and oxygen atoms in total. The molecule has 0 spiro atoms. The highest BCUT2D eigenvalue weighted by molar-refractivity contribution is 7.09. The Morgan fingerprint density at radius 1 is 1.29 bits per heavy atom. The predicted octanol–water partition coefficient (Wildman–Crippen LogP) is 3.16. The third-order valence-corrected chi connectivity index (χ3v) is 6.55. The fraction of sp³-hybridized carbons (Fsp3) is 0.778. The fourth-order valence-corrected chi connectivity index (χ4v) is 5.02. The van der Waals surface area contributed by atoms with Crippen LogP contribution in [0.3, 0.4) is 0 Å². The number of carbonyl (C=O) groups excluding carboxylic acids is 1. The summed E-state index contributed by atoms with van der Waals surface area (Å²) in [5.74, 6) is 1.46. The normalized spacial score (nSPS) is 26.6. The Hall–Kier alpha value is -1.14. The van der Waals surface area contributed by atoms with Gasteiger partial charge < -0.3 is 15.5 Å². The molecular formula is C18H28N4OS. The summed E-state index contributed by atoms with van der Waals surface area (Å²) >= 11 is 1.64. The van der Waals surface area contributed by atoms with Crippen LogP contribution in [0.1, 0.15) is 56.0 Å².